The second-order valence-corrected chi connectivity index (χ2v) is 3.79. The number of carbonyl (C=O) groups is 1. The van der Waals surface area contributed by atoms with Crippen molar-refractivity contribution in [3.05, 3.63) is 0 Å². The molecule has 0 radical (unpaired) electrons. The minimum atomic E-state index is -0.635. The molecule has 1 unspecified atom stereocenters. The molecule has 1 aliphatic heterocycles. The molecule has 0 bridgehead atoms. The number of nitrogens with two attached hydrogens (primary N) is 1. The van der Waals surface area contributed by atoms with Crippen LogP contribution in [0, 0.1) is 0 Å². The van der Waals surface area contributed by atoms with E-state index in [1.54, 1.807) is 11.8 Å². The molecule has 1 saturated heterocycles. The standard InChI is InChI=1S/C8H17N3O2/c1-8(13)3-2-5-11(6-4-8)7(12)10-9/h13H,2-6,9H2,1H3,(H,10,12). The summed E-state index contributed by atoms with van der Waals surface area (Å²) in [6.07, 6.45) is 2.17. The Morgan fingerprint density at radius 2 is 2.23 bits per heavy atom. The van der Waals surface area contributed by atoms with Gasteiger partial charge in [0.05, 0.1) is 5.60 Å². The molecule has 1 aliphatic rings. The SMILES string of the molecule is CC1(O)CCCN(C(=O)NN)CC1. The average molecular weight is 187 g/mol. The number of nitrogens with zero attached hydrogens (tertiary/aromatic N) is 1. The van der Waals surface area contributed by atoms with Crippen molar-refractivity contribution in [1.82, 2.24) is 10.3 Å². The number of aliphatic hydroxyl groups is 1. The topological polar surface area (TPSA) is 78.6 Å². The highest BCUT2D eigenvalue weighted by atomic mass is 16.3. The number of carbonyl (C=O) groups excluding carboxylic acids is 1. The number of amides is 2. The number of hydrazine groups is 1. The van der Waals surface area contributed by atoms with Crippen LogP contribution >= 0.6 is 0 Å². The molecule has 76 valence electrons. The molecular formula is C8H17N3O2. The summed E-state index contributed by atoms with van der Waals surface area (Å²) in [6.45, 7) is 3.03. The quantitative estimate of drug-likeness (QED) is 0.279. The van der Waals surface area contributed by atoms with Gasteiger partial charge in [-0.2, -0.15) is 0 Å². The summed E-state index contributed by atoms with van der Waals surface area (Å²) in [5.74, 6) is 5.02. The van der Waals surface area contributed by atoms with E-state index in [1.165, 1.54) is 0 Å². The Balaban J connectivity index is 2.49. The van der Waals surface area contributed by atoms with Crippen LogP contribution in [0.4, 0.5) is 4.79 Å². The van der Waals surface area contributed by atoms with Crippen molar-refractivity contribution < 1.29 is 9.90 Å². The second kappa shape index (κ2) is 3.93. The van der Waals surface area contributed by atoms with Gasteiger partial charge >= 0.3 is 6.03 Å². The molecule has 0 spiro atoms. The lowest BCUT2D eigenvalue weighted by Gasteiger charge is -2.21. The third-order valence-electron chi connectivity index (χ3n) is 2.47. The second-order valence-electron chi connectivity index (χ2n) is 3.79. The lowest BCUT2D eigenvalue weighted by Crippen LogP contribution is -2.44. The smallest absolute Gasteiger partial charge is 0.331 e. The van der Waals surface area contributed by atoms with Crippen molar-refractivity contribution in [3.8, 4) is 0 Å². The van der Waals surface area contributed by atoms with Gasteiger partial charge in [0.1, 0.15) is 0 Å². The van der Waals surface area contributed by atoms with E-state index < -0.39 is 5.60 Å². The molecule has 0 aromatic heterocycles. The number of rotatable bonds is 0. The monoisotopic (exact) mass is 187 g/mol. The van der Waals surface area contributed by atoms with E-state index in [1.807, 2.05) is 0 Å². The first-order chi connectivity index (χ1) is 6.05. The summed E-state index contributed by atoms with van der Waals surface area (Å²) in [7, 11) is 0. The van der Waals surface area contributed by atoms with Crippen molar-refractivity contribution in [2.75, 3.05) is 13.1 Å². The van der Waals surface area contributed by atoms with E-state index in [9.17, 15) is 9.90 Å². The molecule has 1 rings (SSSR count). The first-order valence-electron chi connectivity index (χ1n) is 4.53. The third kappa shape index (κ3) is 2.86. The highest BCUT2D eigenvalue weighted by Crippen LogP contribution is 2.20. The number of urea groups is 1. The predicted octanol–water partition coefficient (Wildman–Crippen LogP) is -0.193. The van der Waals surface area contributed by atoms with E-state index in [-0.39, 0.29) is 6.03 Å². The molecule has 5 heteroatoms. The van der Waals surface area contributed by atoms with Crippen LogP contribution in [0.25, 0.3) is 0 Å². The Labute approximate surface area is 77.9 Å². The minimum absolute atomic E-state index is 0.266. The van der Waals surface area contributed by atoms with Crippen molar-refractivity contribution in [2.45, 2.75) is 31.8 Å². The van der Waals surface area contributed by atoms with Crippen molar-refractivity contribution in [2.24, 2.45) is 5.84 Å². The van der Waals surface area contributed by atoms with Crippen LogP contribution in [0.5, 0.6) is 0 Å². The fraction of sp³-hybridized carbons (Fsp3) is 0.875. The molecule has 1 fully saturated rings. The Bertz CT molecular complexity index is 194. The summed E-state index contributed by atoms with van der Waals surface area (Å²) in [5.41, 5.74) is 1.46. The fourth-order valence-corrected chi connectivity index (χ4v) is 1.56. The normalized spacial score (nSPS) is 29.6. The summed E-state index contributed by atoms with van der Waals surface area (Å²) < 4.78 is 0. The summed E-state index contributed by atoms with van der Waals surface area (Å²) >= 11 is 0. The molecular weight excluding hydrogens is 170 g/mol. The maximum atomic E-state index is 11.1. The molecule has 13 heavy (non-hydrogen) atoms. The van der Waals surface area contributed by atoms with Gasteiger partial charge in [-0.3, -0.25) is 5.43 Å². The van der Waals surface area contributed by atoms with Crippen LogP contribution in [-0.2, 0) is 0 Å². The number of nitrogens with one attached hydrogen (secondary N) is 1. The van der Waals surface area contributed by atoms with Gasteiger partial charge in [0.15, 0.2) is 0 Å². The lowest BCUT2D eigenvalue weighted by atomic mass is 9.98. The summed E-state index contributed by atoms with van der Waals surface area (Å²) in [4.78, 5) is 12.8. The number of hydrogen-bond acceptors (Lipinski definition) is 3. The molecule has 0 saturated carbocycles. The molecule has 2 amide bonds. The Morgan fingerprint density at radius 3 is 2.85 bits per heavy atom. The van der Waals surface area contributed by atoms with E-state index in [0.29, 0.717) is 19.5 Å². The minimum Gasteiger partial charge on any atom is -0.390 e. The molecule has 0 aromatic carbocycles. The molecule has 5 nitrogen and oxygen atoms in total. The van der Waals surface area contributed by atoms with Crippen LogP contribution in [0.2, 0.25) is 0 Å². The van der Waals surface area contributed by atoms with Crippen LogP contribution in [0.15, 0.2) is 0 Å². The molecule has 1 heterocycles. The van der Waals surface area contributed by atoms with E-state index in [2.05, 4.69) is 5.43 Å². The fourth-order valence-electron chi connectivity index (χ4n) is 1.56. The van der Waals surface area contributed by atoms with Gasteiger partial charge in [0.25, 0.3) is 0 Å². The Kier molecular flexibility index (Phi) is 3.11. The van der Waals surface area contributed by atoms with Gasteiger partial charge in [0, 0.05) is 13.1 Å². The van der Waals surface area contributed by atoms with E-state index >= 15 is 0 Å². The van der Waals surface area contributed by atoms with Gasteiger partial charge in [-0.25, -0.2) is 10.6 Å². The van der Waals surface area contributed by atoms with E-state index in [0.717, 1.165) is 12.8 Å². The zero-order valence-electron chi connectivity index (χ0n) is 7.92. The highest BCUT2D eigenvalue weighted by molar-refractivity contribution is 5.73. The average Bonchev–Trinajstić information content (AvgIpc) is 2.25. The highest BCUT2D eigenvalue weighted by Gasteiger charge is 2.26. The molecule has 4 N–H and O–H groups in total. The van der Waals surface area contributed by atoms with Gasteiger partial charge in [-0.15, -0.1) is 0 Å². The van der Waals surface area contributed by atoms with Crippen molar-refractivity contribution >= 4 is 6.03 Å². The maximum absolute atomic E-state index is 11.1. The maximum Gasteiger partial charge on any atom is 0.331 e. The Hall–Kier alpha value is -0.810. The van der Waals surface area contributed by atoms with Gasteiger partial charge in [0.2, 0.25) is 0 Å². The largest absolute Gasteiger partial charge is 0.390 e. The Morgan fingerprint density at radius 1 is 1.54 bits per heavy atom. The van der Waals surface area contributed by atoms with Crippen LogP contribution < -0.4 is 11.3 Å². The summed E-state index contributed by atoms with van der Waals surface area (Å²) in [6, 6.07) is -0.266. The van der Waals surface area contributed by atoms with Gasteiger partial charge < -0.3 is 10.0 Å². The molecule has 0 aromatic rings. The lowest BCUT2D eigenvalue weighted by molar-refractivity contribution is 0.0457. The van der Waals surface area contributed by atoms with Crippen LogP contribution in [0.3, 0.4) is 0 Å². The van der Waals surface area contributed by atoms with Crippen molar-refractivity contribution in [1.29, 1.82) is 0 Å². The first-order valence-corrected chi connectivity index (χ1v) is 4.53. The van der Waals surface area contributed by atoms with Crippen LogP contribution in [-0.4, -0.2) is 34.7 Å². The zero-order valence-corrected chi connectivity index (χ0v) is 7.92. The predicted molar refractivity (Wildman–Crippen MR) is 48.8 cm³/mol. The van der Waals surface area contributed by atoms with Crippen LogP contribution in [0.1, 0.15) is 26.2 Å². The zero-order chi connectivity index (χ0) is 9.90. The first kappa shape index (κ1) is 10.3. The summed E-state index contributed by atoms with van der Waals surface area (Å²) in [5, 5.41) is 9.74. The molecule has 1 atom stereocenters. The van der Waals surface area contributed by atoms with Gasteiger partial charge in [-0.05, 0) is 26.2 Å². The number of hydrogen-bond donors (Lipinski definition) is 3. The van der Waals surface area contributed by atoms with Gasteiger partial charge in [-0.1, -0.05) is 0 Å². The van der Waals surface area contributed by atoms with Crippen molar-refractivity contribution in [3.63, 3.8) is 0 Å². The van der Waals surface area contributed by atoms with E-state index in [4.69, 9.17) is 5.84 Å². The molecule has 0 aliphatic carbocycles. The third-order valence-corrected chi connectivity index (χ3v) is 2.47. The number of likely N-dealkylation sites (tertiary alicyclic amines) is 1.